The molecule has 0 unspecified atom stereocenters. The molecular weight excluding hydrogens is 1120 g/mol. The Morgan fingerprint density at radius 1 is 0.462 bits per heavy atom. The van der Waals surface area contributed by atoms with E-state index in [1.54, 1.807) is 0 Å². The quantitative estimate of drug-likeness (QED) is 0.141. The summed E-state index contributed by atoms with van der Waals surface area (Å²) in [6.07, 6.45) is 1.07. The van der Waals surface area contributed by atoms with Crippen molar-refractivity contribution in [3.05, 3.63) is 251 Å². The van der Waals surface area contributed by atoms with Gasteiger partial charge in [0.25, 0.3) is 6.71 Å². The lowest BCUT2D eigenvalue weighted by Gasteiger charge is -2.45. The summed E-state index contributed by atoms with van der Waals surface area (Å²) in [5.41, 5.74) is 31.3. The fraction of sp³-hybridized carbons (Fsp3) is 0.224. The molecule has 0 radical (unpaired) electrons. The molecule has 16 rings (SSSR count). The Morgan fingerprint density at radius 2 is 1.02 bits per heavy atom. The van der Waals surface area contributed by atoms with Crippen LogP contribution in [-0.2, 0) is 21.7 Å². The van der Waals surface area contributed by atoms with Crippen LogP contribution < -0.4 is 31.1 Å². The van der Waals surface area contributed by atoms with E-state index in [1.165, 1.54) is 120 Å². The van der Waals surface area contributed by atoms with E-state index >= 15 is 0 Å². The van der Waals surface area contributed by atoms with Crippen molar-refractivity contribution in [2.24, 2.45) is 0 Å². The van der Waals surface area contributed by atoms with Crippen molar-refractivity contribution in [3.8, 4) is 22.3 Å². The minimum absolute atomic E-state index is 0.0120. The van der Waals surface area contributed by atoms with Crippen LogP contribution in [0.4, 0.5) is 51.2 Å². The van der Waals surface area contributed by atoms with Gasteiger partial charge < -0.3 is 19.1 Å². The molecule has 6 heteroatoms. The van der Waals surface area contributed by atoms with Crippen LogP contribution in [0.1, 0.15) is 127 Å². The maximum atomic E-state index is 6.55. The fourth-order valence-corrected chi connectivity index (χ4v) is 16.9. The zero-order chi connectivity index (χ0) is 62.9. The van der Waals surface area contributed by atoms with E-state index in [0.29, 0.717) is 0 Å². The summed E-state index contributed by atoms with van der Waals surface area (Å²) in [6.45, 7) is 32.4. The predicted molar refractivity (Wildman–Crippen MR) is 393 cm³/mol. The first kappa shape index (κ1) is 57.1. The average Bonchev–Trinajstić information content (AvgIpc) is 0.772. The number of hydrogen-bond donors (Lipinski definition) is 0. The highest BCUT2D eigenvalue weighted by Gasteiger charge is 2.45. The van der Waals surface area contributed by atoms with Crippen molar-refractivity contribution < 1.29 is 4.42 Å². The average molecular weight is 1200 g/mol. The number of aryl methyl sites for hydroxylation is 3. The molecule has 0 atom stereocenters. The van der Waals surface area contributed by atoms with Gasteiger partial charge in [0.2, 0.25) is 0 Å². The summed E-state index contributed by atoms with van der Waals surface area (Å²) < 4.78 is 9.18. The van der Waals surface area contributed by atoms with Crippen LogP contribution >= 0.6 is 11.3 Å². The Morgan fingerprint density at radius 3 is 1.69 bits per heavy atom. The highest BCUT2D eigenvalue weighted by Crippen LogP contribution is 2.54. The molecule has 0 fully saturated rings. The first-order chi connectivity index (χ1) is 43.5. The van der Waals surface area contributed by atoms with Crippen LogP contribution in [0.2, 0.25) is 0 Å². The largest absolute Gasteiger partial charge is 0.456 e. The van der Waals surface area contributed by atoms with Gasteiger partial charge in [-0.25, -0.2) is 0 Å². The van der Waals surface area contributed by atoms with Crippen LogP contribution in [0.15, 0.2) is 211 Å². The molecule has 2 aromatic heterocycles. The van der Waals surface area contributed by atoms with Gasteiger partial charge in [-0.15, -0.1) is 11.3 Å². The second-order valence-electron chi connectivity index (χ2n) is 29.6. The van der Waals surface area contributed by atoms with Gasteiger partial charge in [-0.2, -0.15) is 0 Å². The van der Waals surface area contributed by atoms with Gasteiger partial charge in [-0.3, -0.25) is 0 Å². The van der Waals surface area contributed by atoms with Crippen LogP contribution in [0, 0.1) is 20.8 Å². The smallest absolute Gasteiger partial charge is 0.252 e. The number of fused-ring (bicyclic) bond motifs is 13. The third-order valence-electron chi connectivity index (χ3n) is 21.0. The molecule has 0 N–H and O–H groups in total. The summed E-state index contributed by atoms with van der Waals surface area (Å²) in [7, 11) is 0. The van der Waals surface area contributed by atoms with Gasteiger partial charge in [0, 0.05) is 82.2 Å². The van der Waals surface area contributed by atoms with Gasteiger partial charge >= 0.3 is 0 Å². The first-order valence-corrected chi connectivity index (χ1v) is 33.5. The molecular formula is C85H78BN3OS. The van der Waals surface area contributed by atoms with Crippen molar-refractivity contribution in [1.82, 2.24) is 0 Å². The van der Waals surface area contributed by atoms with Crippen LogP contribution in [0.5, 0.6) is 0 Å². The predicted octanol–water partition coefficient (Wildman–Crippen LogP) is 22.7. The minimum atomic E-state index is -0.142. The first-order valence-electron chi connectivity index (χ1n) is 32.7. The van der Waals surface area contributed by atoms with Crippen molar-refractivity contribution in [2.45, 2.75) is 125 Å². The summed E-state index contributed by atoms with van der Waals surface area (Å²) in [6, 6.07) is 80.0. The Balaban J connectivity index is 1.01. The molecule has 4 nitrogen and oxygen atoms in total. The van der Waals surface area contributed by atoms with E-state index < -0.39 is 0 Å². The Labute approximate surface area is 541 Å². The molecule has 2 aliphatic heterocycles. The Kier molecular flexibility index (Phi) is 12.7. The lowest BCUT2D eigenvalue weighted by molar-refractivity contribution is 0.507. The highest BCUT2D eigenvalue weighted by atomic mass is 32.1. The summed E-state index contributed by atoms with van der Waals surface area (Å²) >= 11 is 1.94. The van der Waals surface area contributed by atoms with Gasteiger partial charge in [0.05, 0.1) is 0 Å². The monoisotopic (exact) mass is 1200 g/mol. The van der Waals surface area contributed by atoms with Crippen LogP contribution in [-0.4, -0.2) is 6.71 Å². The maximum absolute atomic E-state index is 6.55. The summed E-state index contributed by atoms with van der Waals surface area (Å²) in [4.78, 5) is 7.75. The summed E-state index contributed by atoms with van der Waals surface area (Å²) in [5, 5.41) is 4.82. The van der Waals surface area contributed by atoms with E-state index in [2.05, 4.69) is 318 Å². The second kappa shape index (κ2) is 20.2. The molecule has 11 aromatic carbocycles. The molecule has 448 valence electrons. The standard InChI is InChI=1S/C85H78BN3OS/c1-15-84(11,12)56-28-36-64-67-48-71-73(49-79(67)91-78(64)44-56)89(58-31-26-55(27-32-58)83(8,9)10)75-43-53(80-51(3)40-50(2)41-52(80)4)42-74-81(75)86(71)70-38-34-61(47-72(70)88(74)57-29-24-54(25-30-57)82(5,6)7)87(60-35-39-77-66(46-60)63-21-17-19-23-76(63)90-77)59-33-37-69-65(45-59)62-20-16-18-22-68(62)85(69,13)14/h16-49H,15H2,1-14H3. The molecule has 0 bridgehead atoms. The third kappa shape index (κ3) is 8.90. The normalized spacial score (nSPS) is 14.1. The van der Waals surface area contributed by atoms with Gasteiger partial charge in [-0.05, 0) is 223 Å². The van der Waals surface area contributed by atoms with Crippen molar-refractivity contribution in [3.63, 3.8) is 0 Å². The van der Waals surface area contributed by atoms with E-state index in [-0.39, 0.29) is 28.4 Å². The van der Waals surface area contributed by atoms with Crippen molar-refractivity contribution >= 4 is 128 Å². The maximum Gasteiger partial charge on any atom is 0.252 e. The Hall–Kier alpha value is -9.10. The fourth-order valence-electron chi connectivity index (χ4n) is 15.7. The van der Waals surface area contributed by atoms with Crippen molar-refractivity contribution in [2.75, 3.05) is 14.7 Å². The topological polar surface area (TPSA) is 22.9 Å². The van der Waals surface area contributed by atoms with E-state index in [9.17, 15) is 0 Å². The summed E-state index contributed by atoms with van der Waals surface area (Å²) in [5.74, 6) is 0. The number of rotatable bonds is 8. The molecule has 0 saturated heterocycles. The van der Waals surface area contributed by atoms with E-state index in [4.69, 9.17) is 4.42 Å². The zero-order valence-corrected chi connectivity index (χ0v) is 55.9. The zero-order valence-electron chi connectivity index (χ0n) is 55.1. The number of anilines is 9. The Bertz CT molecular complexity index is 5160. The molecule has 0 spiro atoms. The van der Waals surface area contributed by atoms with E-state index in [1.807, 2.05) is 11.3 Å². The second-order valence-corrected chi connectivity index (χ2v) is 30.7. The molecule has 91 heavy (non-hydrogen) atoms. The molecule has 4 heterocycles. The van der Waals surface area contributed by atoms with Gasteiger partial charge in [0.1, 0.15) is 11.2 Å². The van der Waals surface area contributed by atoms with Crippen molar-refractivity contribution in [1.29, 1.82) is 0 Å². The van der Waals surface area contributed by atoms with Crippen LogP contribution in [0.3, 0.4) is 0 Å². The van der Waals surface area contributed by atoms with Gasteiger partial charge in [-0.1, -0.05) is 191 Å². The number of nitrogens with zero attached hydrogens (tertiary/aromatic N) is 3. The highest BCUT2D eigenvalue weighted by molar-refractivity contribution is 7.26. The molecule has 3 aliphatic rings. The molecule has 0 saturated carbocycles. The van der Waals surface area contributed by atoms with E-state index in [0.717, 1.165) is 62.5 Å². The SMILES string of the molecule is CCC(C)(C)c1ccc2c(c1)sc1cc3c(cc12)B1c2ccc(N(c4ccc5c(c4)-c4ccccc4C5(C)C)c4ccc5oc6ccccc6c5c4)cc2N(c2ccc(C(C)(C)C)cc2)c2cc(-c4c(C)cc(C)cc4C)cc(c21)N3c1ccc(C(C)(C)C)cc1. The number of benzene rings is 11. The number of para-hydroxylation sites is 1. The third-order valence-corrected chi connectivity index (χ3v) is 22.1. The molecule has 0 amide bonds. The lowest BCUT2D eigenvalue weighted by atomic mass is 9.33. The number of hydrogen-bond acceptors (Lipinski definition) is 5. The molecule has 1 aliphatic carbocycles. The number of furan rings is 1. The van der Waals surface area contributed by atoms with Gasteiger partial charge in [0.15, 0.2) is 0 Å². The number of thiophene rings is 1. The minimum Gasteiger partial charge on any atom is -0.456 e. The lowest BCUT2D eigenvalue weighted by Crippen LogP contribution is -2.61. The van der Waals surface area contributed by atoms with Crippen LogP contribution in [0.25, 0.3) is 64.4 Å². The molecule has 13 aromatic rings.